The van der Waals surface area contributed by atoms with Gasteiger partial charge < -0.3 is 20.8 Å². The zero-order valence-electron chi connectivity index (χ0n) is 9.85. The molecule has 0 heterocycles. The van der Waals surface area contributed by atoms with Gasteiger partial charge in [-0.25, -0.2) is 0 Å². The van der Waals surface area contributed by atoms with Crippen LogP contribution in [-0.2, 0) is 0 Å². The standard InChI is InChI=1S/C10H20N2O4/c1-3-9(11(13)14)7-5-6-8-10(9,4-2)12(15)16/h13,15H,3-8H2,1-2H3/q-2. The first-order valence-corrected chi connectivity index (χ1v) is 5.79. The lowest BCUT2D eigenvalue weighted by atomic mass is 9.64. The van der Waals surface area contributed by atoms with Gasteiger partial charge in [0.1, 0.15) is 0 Å². The van der Waals surface area contributed by atoms with Gasteiger partial charge in [0.15, 0.2) is 0 Å². The van der Waals surface area contributed by atoms with E-state index >= 15 is 0 Å². The average molecular weight is 232 g/mol. The molecule has 1 rings (SSSR count). The van der Waals surface area contributed by atoms with Gasteiger partial charge in [-0.05, 0) is 25.7 Å². The maximum atomic E-state index is 11.4. The van der Waals surface area contributed by atoms with Gasteiger partial charge in [-0.1, -0.05) is 26.7 Å². The van der Waals surface area contributed by atoms with E-state index in [4.69, 9.17) is 0 Å². The Morgan fingerprint density at radius 3 is 1.44 bits per heavy atom. The van der Waals surface area contributed by atoms with Crippen LogP contribution in [0.3, 0.4) is 0 Å². The molecule has 2 unspecified atom stereocenters. The third kappa shape index (κ3) is 1.75. The molecule has 6 nitrogen and oxygen atoms in total. The Labute approximate surface area is 95.5 Å². The molecule has 0 aromatic rings. The van der Waals surface area contributed by atoms with Gasteiger partial charge in [0.05, 0.1) is 11.1 Å². The number of hydrogen-bond donors (Lipinski definition) is 2. The van der Waals surface area contributed by atoms with Gasteiger partial charge in [-0.2, -0.15) is 0 Å². The molecule has 1 aliphatic carbocycles. The first-order chi connectivity index (χ1) is 7.47. The van der Waals surface area contributed by atoms with E-state index in [0.29, 0.717) is 25.7 Å². The van der Waals surface area contributed by atoms with Gasteiger partial charge >= 0.3 is 0 Å². The summed E-state index contributed by atoms with van der Waals surface area (Å²) in [7, 11) is 0. The zero-order chi connectivity index (χ0) is 12.4. The van der Waals surface area contributed by atoms with Gasteiger partial charge in [0, 0.05) is 0 Å². The summed E-state index contributed by atoms with van der Waals surface area (Å²) < 4.78 is 0. The van der Waals surface area contributed by atoms with Crippen molar-refractivity contribution < 1.29 is 10.4 Å². The monoisotopic (exact) mass is 232 g/mol. The molecule has 1 aliphatic rings. The Balaban J connectivity index is 3.18. The molecule has 2 atom stereocenters. The summed E-state index contributed by atoms with van der Waals surface area (Å²) in [6.07, 6.45) is 3.08. The summed E-state index contributed by atoms with van der Waals surface area (Å²) in [6.45, 7) is 3.50. The molecule has 2 N–H and O–H groups in total. The predicted octanol–water partition coefficient (Wildman–Crippen LogP) is 2.24. The van der Waals surface area contributed by atoms with E-state index in [2.05, 4.69) is 0 Å². The average Bonchev–Trinajstić information content (AvgIpc) is 2.27. The maximum absolute atomic E-state index is 11.4. The second-order valence-electron chi connectivity index (χ2n) is 4.52. The highest BCUT2D eigenvalue weighted by molar-refractivity contribution is 5.11. The predicted molar refractivity (Wildman–Crippen MR) is 58.5 cm³/mol. The Kier molecular flexibility index (Phi) is 4.28. The highest BCUT2D eigenvalue weighted by atomic mass is 16.8. The minimum absolute atomic E-state index is 0.114. The molecule has 0 spiro atoms. The van der Waals surface area contributed by atoms with Crippen LogP contribution in [0.15, 0.2) is 0 Å². The molecule has 0 amide bonds. The van der Waals surface area contributed by atoms with Gasteiger partial charge in [0.2, 0.25) is 0 Å². The molecule has 0 bridgehead atoms. The lowest BCUT2D eigenvalue weighted by Gasteiger charge is -2.63. The quantitative estimate of drug-likeness (QED) is 0.722. The van der Waals surface area contributed by atoms with Crippen molar-refractivity contribution in [2.75, 3.05) is 0 Å². The minimum Gasteiger partial charge on any atom is -0.762 e. The van der Waals surface area contributed by atoms with Crippen LogP contribution in [0.25, 0.3) is 0 Å². The molecular formula is C10H20N2O4-2. The number of rotatable bonds is 4. The summed E-state index contributed by atoms with van der Waals surface area (Å²) in [4.78, 5) is 0. The second-order valence-corrected chi connectivity index (χ2v) is 4.52. The van der Waals surface area contributed by atoms with Gasteiger partial charge in [0.25, 0.3) is 0 Å². The Morgan fingerprint density at radius 1 is 0.938 bits per heavy atom. The third-order valence-electron chi connectivity index (χ3n) is 4.20. The minimum atomic E-state index is -1.20. The molecule has 0 radical (unpaired) electrons. The van der Waals surface area contributed by atoms with Crippen LogP contribution in [0.2, 0.25) is 0 Å². The van der Waals surface area contributed by atoms with E-state index in [1.165, 1.54) is 0 Å². The Morgan fingerprint density at radius 2 is 1.25 bits per heavy atom. The molecule has 0 aromatic carbocycles. The van der Waals surface area contributed by atoms with E-state index in [-0.39, 0.29) is 10.5 Å². The smallest absolute Gasteiger partial charge is 0.0520 e. The summed E-state index contributed by atoms with van der Waals surface area (Å²) in [5.41, 5.74) is -2.40. The molecule has 6 heteroatoms. The first-order valence-electron chi connectivity index (χ1n) is 5.79. The molecule has 0 saturated heterocycles. The third-order valence-corrected chi connectivity index (χ3v) is 4.20. The van der Waals surface area contributed by atoms with Crippen molar-refractivity contribution in [1.29, 1.82) is 0 Å². The fourth-order valence-corrected chi connectivity index (χ4v) is 3.13. The van der Waals surface area contributed by atoms with Crippen LogP contribution in [0.5, 0.6) is 0 Å². The summed E-state index contributed by atoms with van der Waals surface area (Å²) >= 11 is 0. The Hall–Kier alpha value is -0.240. The molecule has 0 aromatic heterocycles. The van der Waals surface area contributed by atoms with Crippen molar-refractivity contribution in [1.82, 2.24) is 10.5 Å². The highest BCUT2D eigenvalue weighted by Gasteiger charge is 2.52. The summed E-state index contributed by atoms with van der Waals surface area (Å²) in [5, 5.41) is 41.3. The SMILES string of the molecule is CCC1(N([O-])O)CCCCC1(CC)N([O-])O. The first kappa shape index (κ1) is 13.8. The van der Waals surface area contributed by atoms with Crippen LogP contribution >= 0.6 is 0 Å². The highest BCUT2D eigenvalue weighted by Crippen LogP contribution is 2.47. The lowest BCUT2D eigenvalue weighted by Crippen LogP contribution is -2.68. The molecule has 1 fully saturated rings. The van der Waals surface area contributed by atoms with Crippen LogP contribution < -0.4 is 0 Å². The van der Waals surface area contributed by atoms with Crippen molar-refractivity contribution in [3.05, 3.63) is 10.4 Å². The van der Waals surface area contributed by atoms with Crippen molar-refractivity contribution in [3.8, 4) is 0 Å². The van der Waals surface area contributed by atoms with Crippen LogP contribution in [-0.4, -0.2) is 31.9 Å². The Bertz CT molecular complexity index is 213. The maximum Gasteiger partial charge on any atom is 0.0520 e. The van der Waals surface area contributed by atoms with Crippen LogP contribution in [0.4, 0.5) is 0 Å². The van der Waals surface area contributed by atoms with E-state index < -0.39 is 11.1 Å². The summed E-state index contributed by atoms with van der Waals surface area (Å²) in [5.74, 6) is 0. The van der Waals surface area contributed by atoms with Crippen molar-refractivity contribution in [2.24, 2.45) is 0 Å². The largest absolute Gasteiger partial charge is 0.762 e. The number of hydrogen-bond acceptors (Lipinski definition) is 6. The van der Waals surface area contributed by atoms with E-state index in [1.807, 2.05) is 0 Å². The number of hydroxylamine groups is 4. The van der Waals surface area contributed by atoms with Crippen LogP contribution in [0.1, 0.15) is 52.4 Å². The molecular weight excluding hydrogens is 212 g/mol. The zero-order valence-corrected chi connectivity index (χ0v) is 9.85. The molecule has 96 valence electrons. The second kappa shape index (κ2) is 4.95. The molecule has 0 aliphatic heterocycles. The van der Waals surface area contributed by atoms with Crippen LogP contribution in [0, 0.1) is 10.4 Å². The van der Waals surface area contributed by atoms with Crippen molar-refractivity contribution in [3.63, 3.8) is 0 Å². The van der Waals surface area contributed by atoms with E-state index in [9.17, 15) is 20.8 Å². The fraction of sp³-hybridized carbons (Fsp3) is 1.00. The number of nitrogens with zero attached hydrogens (tertiary/aromatic N) is 2. The normalized spacial score (nSPS) is 36.0. The van der Waals surface area contributed by atoms with Crippen molar-refractivity contribution >= 4 is 0 Å². The van der Waals surface area contributed by atoms with E-state index in [0.717, 1.165) is 12.8 Å². The summed E-state index contributed by atoms with van der Waals surface area (Å²) in [6, 6.07) is 0. The van der Waals surface area contributed by atoms with Crippen molar-refractivity contribution in [2.45, 2.75) is 63.5 Å². The van der Waals surface area contributed by atoms with E-state index in [1.54, 1.807) is 13.8 Å². The van der Waals surface area contributed by atoms with Gasteiger partial charge in [-0.15, -0.1) is 0 Å². The lowest BCUT2D eigenvalue weighted by molar-refractivity contribution is -0.257. The fourth-order valence-electron chi connectivity index (χ4n) is 3.13. The molecule has 16 heavy (non-hydrogen) atoms. The topological polar surface area (TPSA) is 93.1 Å². The van der Waals surface area contributed by atoms with Gasteiger partial charge in [-0.3, -0.25) is 10.5 Å². The molecule has 1 saturated carbocycles.